The van der Waals surface area contributed by atoms with Gasteiger partial charge in [-0.1, -0.05) is 35.9 Å². The van der Waals surface area contributed by atoms with Crippen LogP contribution in [-0.4, -0.2) is 26.8 Å². The zero-order chi connectivity index (χ0) is 23.6. The lowest BCUT2D eigenvalue weighted by molar-refractivity contribution is -0.144. The van der Waals surface area contributed by atoms with Gasteiger partial charge in [-0.2, -0.15) is 18.3 Å². The maximum absolute atomic E-state index is 13.7. The van der Waals surface area contributed by atoms with E-state index in [0.717, 1.165) is 7.05 Å². The molecule has 1 aromatic heterocycles. The predicted octanol–water partition coefficient (Wildman–Crippen LogP) is 4.87. The van der Waals surface area contributed by atoms with Gasteiger partial charge in [0.25, 0.3) is 5.91 Å². The first-order valence-corrected chi connectivity index (χ1v) is 9.86. The van der Waals surface area contributed by atoms with E-state index in [-0.39, 0.29) is 17.7 Å². The van der Waals surface area contributed by atoms with Crippen molar-refractivity contribution in [3.05, 3.63) is 87.2 Å². The first-order valence-electron chi connectivity index (χ1n) is 9.49. The van der Waals surface area contributed by atoms with Gasteiger partial charge in [0.1, 0.15) is 0 Å². The van der Waals surface area contributed by atoms with Crippen LogP contribution in [0.3, 0.4) is 0 Å². The maximum Gasteiger partial charge on any atom is 0.433 e. The summed E-state index contributed by atoms with van der Waals surface area (Å²) in [5.74, 6) is -2.04. The zero-order valence-electron chi connectivity index (χ0n) is 17.1. The quantitative estimate of drug-likeness (QED) is 0.544. The third-order valence-electron chi connectivity index (χ3n) is 4.88. The number of benzene rings is 2. The molecule has 0 bridgehead atoms. The molecule has 1 atom stereocenters. The number of nitrogens with one attached hydrogen (secondary N) is 1. The number of carbonyl (C=O) groups is 2. The Bertz CT molecular complexity index is 1160. The number of carboxylic acids is 1. The van der Waals surface area contributed by atoms with Crippen LogP contribution in [0.15, 0.2) is 48.5 Å². The number of hydrogen-bond acceptors (Lipinski definition) is 3. The number of aromatic carboxylic acids is 1. The molecular weight excluding hydrogens is 447 g/mol. The number of carboxylic acid groups (broad SMARTS) is 1. The molecule has 0 saturated heterocycles. The van der Waals surface area contributed by atoms with Gasteiger partial charge in [-0.25, -0.2) is 4.79 Å². The first kappa shape index (κ1) is 23.3. The Hall–Kier alpha value is -3.33. The Morgan fingerprint density at radius 2 is 1.84 bits per heavy atom. The number of amides is 1. The van der Waals surface area contributed by atoms with E-state index in [1.807, 2.05) is 0 Å². The summed E-state index contributed by atoms with van der Waals surface area (Å²) >= 11 is 5.97. The summed E-state index contributed by atoms with van der Waals surface area (Å²) in [5, 5.41) is 15.9. The Labute approximate surface area is 186 Å². The minimum Gasteiger partial charge on any atom is -0.478 e. The van der Waals surface area contributed by atoms with E-state index < -0.39 is 35.4 Å². The number of aryl methyl sites for hydroxylation is 1. The van der Waals surface area contributed by atoms with Gasteiger partial charge in [0.2, 0.25) is 0 Å². The van der Waals surface area contributed by atoms with Gasteiger partial charge in [0, 0.05) is 18.5 Å². The molecule has 1 amide bonds. The topological polar surface area (TPSA) is 84.2 Å². The number of hydrogen-bond donors (Lipinski definition) is 2. The Kier molecular flexibility index (Phi) is 6.59. The largest absolute Gasteiger partial charge is 0.478 e. The lowest BCUT2D eigenvalue weighted by atomic mass is 10.0. The Balaban J connectivity index is 1.95. The molecule has 32 heavy (non-hydrogen) atoms. The van der Waals surface area contributed by atoms with Gasteiger partial charge in [0.05, 0.1) is 22.9 Å². The predicted molar refractivity (Wildman–Crippen MR) is 112 cm³/mol. The summed E-state index contributed by atoms with van der Waals surface area (Å²) in [6, 6.07) is 11.6. The number of aromatic nitrogens is 2. The van der Waals surface area contributed by atoms with Crippen molar-refractivity contribution >= 4 is 23.5 Å². The molecular formula is C22H19ClF3N3O3. The van der Waals surface area contributed by atoms with Crippen molar-refractivity contribution < 1.29 is 27.9 Å². The summed E-state index contributed by atoms with van der Waals surface area (Å²) < 4.78 is 41.9. The lowest BCUT2D eigenvalue weighted by Crippen LogP contribution is -2.29. The van der Waals surface area contributed by atoms with Crippen molar-refractivity contribution in [2.75, 3.05) is 0 Å². The van der Waals surface area contributed by atoms with Crippen LogP contribution in [0, 0.1) is 0 Å². The maximum atomic E-state index is 13.7. The molecule has 6 nitrogen and oxygen atoms in total. The first-order chi connectivity index (χ1) is 15.0. The second-order valence-corrected chi connectivity index (χ2v) is 7.66. The molecule has 3 aromatic rings. The molecule has 0 spiro atoms. The van der Waals surface area contributed by atoms with E-state index in [9.17, 15) is 22.8 Å². The van der Waals surface area contributed by atoms with Gasteiger partial charge >= 0.3 is 12.1 Å². The molecule has 0 aliphatic heterocycles. The highest BCUT2D eigenvalue weighted by Gasteiger charge is 2.41. The van der Waals surface area contributed by atoms with Crippen LogP contribution in [0.25, 0.3) is 0 Å². The van der Waals surface area contributed by atoms with Crippen molar-refractivity contribution in [3.8, 4) is 0 Å². The minimum absolute atomic E-state index is 0.0189. The monoisotopic (exact) mass is 465 g/mol. The average molecular weight is 466 g/mol. The van der Waals surface area contributed by atoms with Crippen molar-refractivity contribution in [2.45, 2.75) is 25.6 Å². The lowest BCUT2D eigenvalue weighted by Gasteiger charge is -2.16. The van der Waals surface area contributed by atoms with Crippen LogP contribution in [-0.2, 0) is 19.6 Å². The van der Waals surface area contributed by atoms with Crippen molar-refractivity contribution in [1.29, 1.82) is 0 Å². The summed E-state index contributed by atoms with van der Waals surface area (Å²) in [6.45, 7) is 1.59. The number of carbonyl (C=O) groups excluding carboxylic acids is 1. The Morgan fingerprint density at radius 1 is 1.19 bits per heavy atom. The van der Waals surface area contributed by atoms with E-state index in [1.165, 1.54) is 24.3 Å². The van der Waals surface area contributed by atoms with Crippen LogP contribution in [0.2, 0.25) is 5.02 Å². The van der Waals surface area contributed by atoms with Crippen LogP contribution >= 0.6 is 11.6 Å². The fourth-order valence-electron chi connectivity index (χ4n) is 3.37. The highest BCUT2D eigenvalue weighted by Crippen LogP contribution is 2.34. The van der Waals surface area contributed by atoms with E-state index in [0.29, 0.717) is 20.8 Å². The van der Waals surface area contributed by atoms with E-state index in [1.54, 1.807) is 31.2 Å². The smallest absolute Gasteiger partial charge is 0.433 e. The normalized spacial score (nSPS) is 12.4. The molecule has 0 radical (unpaired) electrons. The highest BCUT2D eigenvalue weighted by molar-refractivity contribution is 6.30. The molecule has 2 aromatic carbocycles. The molecule has 0 fully saturated rings. The van der Waals surface area contributed by atoms with Crippen LogP contribution < -0.4 is 5.32 Å². The van der Waals surface area contributed by atoms with Crippen molar-refractivity contribution in [3.63, 3.8) is 0 Å². The third-order valence-corrected chi connectivity index (χ3v) is 5.12. The van der Waals surface area contributed by atoms with Crippen LogP contribution in [0.4, 0.5) is 13.2 Å². The van der Waals surface area contributed by atoms with Crippen molar-refractivity contribution in [2.24, 2.45) is 7.05 Å². The molecule has 3 rings (SSSR count). The average Bonchev–Trinajstić information content (AvgIpc) is 3.04. The number of alkyl halides is 3. The summed E-state index contributed by atoms with van der Waals surface area (Å²) in [4.78, 5) is 24.0. The zero-order valence-corrected chi connectivity index (χ0v) is 17.8. The molecule has 10 heteroatoms. The summed E-state index contributed by atoms with van der Waals surface area (Å²) in [6.07, 6.45) is -4.82. The fourth-order valence-corrected chi connectivity index (χ4v) is 3.59. The Morgan fingerprint density at radius 3 is 2.41 bits per heavy atom. The number of halogens is 4. The standard InChI is InChI=1S/C22H19ClF3N3O3/c1-12(14-6-8-15(9-7-14)21(31)32)27-20(30)18-17(11-13-4-3-5-16(23)10-13)28-29(2)19(18)22(24,25)26/h3-10,12H,11H2,1-2H3,(H,27,30)(H,31,32)/t12-/m0/s1. The molecule has 1 heterocycles. The second kappa shape index (κ2) is 9.04. The fraction of sp³-hybridized carbons (Fsp3) is 0.227. The van der Waals surface area contributed by atoms with Gasteiger partial charge < -0.3 is 10.4 Å². The van der Waals surface area contributed by atoms with Crippen LogP contribution in [0.1, 0.15) is 56.2 Å². The summed E-state index contributed by atoms with van der Waals surface area (Å²) in [7, 11) is 1.13. The highest BCUT2D eigenvalue weighted by atomic mass is 35.5. The number of rotatable bonds is 6. The molecule has 2 N–H and O–H groups in total. The van der Waals surface area contributed by atoms with E-state index in [4.69, 9.17) is 16.7 Å². The second-order valence-electron chi connectivity index (χ2n) is 7.22. The SMILES string of the molecule is C[C@H](NC(=O)c1c(Cc2cccc(Cl)c2)nn(C)c1C(F)(F)F)c1ccc(C(=O)O)cc1. The third kappa shape index (κ3) is 5.11. The van der Waals surface area contributed by atoms with Crippen LogP contribution in [0.5, 0.6) is 0 Å². The molecule has 0 unspecified atom stereocenters. The van der Waals surface area contributed by atoms with Crippen molar-refractivity contribution in [1.82, 2.24) is 15.1 Å². The van der Waals surface area contributed by atoms with Gasteiger partial charge in [-0.05, 0) is 42.3 Å². The molecule has 0 saturated carbocycles. The molecule has 0 aliphatic carbocycles. The molecule has 168 valence electrons. The number of nitrogens with zero attached hydrogens (tertiary/aromatic N) is 2. The minimum atomic E-state index is -4.80. The van der Waals surface area contributed by atoms with Gasteiger partial charge in [0.15, 0.2) is 5.69 Å². The van der Waals surface area contributed by atoms with Gasteiger partial charge in [-0.3, -0.25) is 9.48 Å². The molecule has 0 aliphatic rings. The van der Waals surface area contributed by atoms with E-state index >= 15 is 0 Å². The van der Waals surface area contributed by atoms with Gasteiger partial charge in [-0.15, -0.1) is 0 Å². The van der Waals surface area contributed by atoms with E-state index in [2.05, 4.69) is 10.4 Å². The summed E-state index contributed by atoms with van der Waals surface area (Å²) in [5.41, 5.74) is -0.543.